The molecule has 5 nitrogen and oxygen atoms in total. The summed E-state index contributed by atoms with van der Waals surface area (Å²) in [6.45, 7) is 1.12. The fourth-order valence-electron chi connectivity index (χ4n) is 2.74. The van der Waals surface area contributed by atoms with Crippen LogP contribution in [0.2, 0.25) is 0 Å². The number of ketones is 1. The van der Waals surface area contributed by atoms with Crippen molar-refractivity contribution in [2.24, 2.45) is 0 Å². The molecule has 0 aliphatic carbocycles. The van der Waals surface area contributed by atoms with Crippen molar-refractivity contribution >= 4 is 22.6 Å². The molecular weight excluding hydrogens is 316 g/mol. The minimum absolute atomic E-state index is 0.0947. The van der Waals surface area contributed by atoms with Crippen molar-refractivity contribution < 1.29 is 14.3 Å². The molecule has 3 aromatic rings. The smallest absolute Gasteiger partial charge is 0.325 e. The molecule has 3 rings (SSSR count). The van der Waals surface area contributed by atoms with Crippen LogP contribution in [-0.4, -0.2) is 36.6 Å². The van der Waals surface area contributed by atoms with Crippen LogP contribution in [0.25, 0.3) is 10.8 Å². The van der Waals surface area contributed by atoms with E-state index >= 15 is 0 Å². The van der Waals surface area contributed by atoms with Crippen molar-refractivity contribution in [3.05, 3.63) is 72.1 Å². The topological polar surface area (TPSA) is 60.3 Å². The normalized spacial score (nSPS) is 10.8. The third kappa shape index (κ3) is 3.78. The van der Waals surface area contributed by atoms with E-state index < -0.39 is 0 Å². The highest BCUT2D eigenvalue weighted by Crippen LogP contribution is 2.21. The van der Waals surface area contributed by atoms with Crippen LogP contribution in [0.5, 0.6) is 0 Å². The number of benzene rings is 2. The number of carbonyl (C=O) groups excluding carboxylic acids is 2. The van der Waals surface area contributed by atoms with Crippen molar-refractivity contribution in [2.75, 3.05) is 20.3 Å². The molecule has 1 amide bonds. The Kier molecular flexibility index (Phi) is 5.26. The summed E-state index contributed by atoms with van der Waals surface area (Å²) in [4.78, 5) is 24.9. The molecule has 0 saturated heterocycles. The summed E-state index contributed by atoms with van der Waals surface area (Å²) in [7, 11) is 1.62. The van der Waals surface area contributed by atoms with Crippen LogP contribution < -0.4 is 5.32 Å². The monoisotopic (exact) mass is 336 g/mol. The van der Waals surface area contributed by atoms with Gasteiger partial charge in [0.25, 0.3) is 0 Å². The van der Waals surface area contributed by atoms with Crippen LogP contribution in [0.4, 0.5) is 4.79 Å². The molecule has 1 aromatic heterocycles. The van der Waals surface area contributed by atoms with E-state index in [-0.39, 0.29) is 11.8 Å². The number of hydrogen-bond acceptors (Lipinski definition) is 3. The van der Waals surface area contributed by atoms with Gasteiger partial charge in [-0.1, -0.05) is 42.5 Å². The Labute approximate surface area is 146 Å². The average molecular weight is 336 g/mol. The Morgan fingerprint density at radius 1 is 1.08 bits per heavy atom. The Bertz CT molecular complexity index is 893. The third-order valence-corrected chi connectivity index (χ3v) is 4.03. The summed E-state index contributed by atoms with van der Waals surface area (Å²) in [5.41, 5.74) is 1.12. The van der Waals surface area contributed by atoms with Crippen molar-refractivity contribution in [1.82, 2.24) is 9.88 Å². The summed E-state index contributed by atoms with van der Waals surface area (Å²) in [5, 5.41) is 4.71. The van der Waals surface area contributed by atoms with Crippen LogP contribution in [0.3, 0.4) is 0 Å². The summed E-state index contributed by atoms with van der Waals surface area (Å²) >= 11 is 0. The highest BCUT2D eigenvalue weighted by molar-refractivity contribution is 6.16. The largest absolute Gasteiger partial charge is 0.385 e. The number of nitrogens with one attached hydrogen (secondary N) is 1. The summed E-state index contributed by atoms with van der Waals surface area (Å²) < 4.78 is 6.34. The minimum Gasteiger partial charge on any atom is -0.385 e. The van der Waals surface area contributed by atoms with E-state index in [1.807, 2.05) is 42.5 Å². The average Bonchev–Trinajstić information content (AvgIpc) is 3.14. The third-order valence-electron chi connectivity index (χ3n) is 4.03. The zero-order chi connectivity index (χ0) is 17.6. The van der Waals surface area contributed by atoms with Crippen LogP contribution in [0.1, 0.15) is 22.3 Å². The Morgan fingerprint density at radius 3 is 2.72 bits per heavy atom. The van der Waals surface area contributed by atoms with Crippen LogP contribution >= 0.6 is 0 Å². The highest BCUT2D eigenvalue weighted by Gasteiger charge is 2.15. The molecule has 0 fully saturated rings. The van der Waals surface area contributed by atoms with Gasteiger partial charge >= 0.3 is 6.03 Å². The lowest BCUT2D eigenvalue weighted by atomic mass is 9.99. The maximum absolute atomic E-state index is 12.8. The van der Waals surface area contributed by atoms with E-state index in [9.17, 15) is 9.59 Å². The predicted molar refractivity (Wildman–Crippen MR) is 97.1 cm³/mol. The highest BCUT2D eigenvalue weighted by atomic mass is 16.5. The molecule has 0 unspecified atom stereocenters. The van der Waals surface area contributed by atoms with E-state index in [2.05, 4.69) is 5.32 Å². The fraction of sp³-hybridized carbons (Fsp3) is 0.200. The quantitative estimate of drug-likeness (QED) is 0.554. The molecule has 0 radical (unpaired) electrons. The molecule has 5 heteroatoms. The molecule has 0 bridgehead atoms. The maximum Gasteiger partial charge on any atom is 0.325 e. The molecular formula is C20H20N2O3. The van der Waals surface area contributed by atoms with Gasteiger partial charge in [-0.25, -0.2) is 4.79 Å². The lowest BCUT2D eigenvalue weighted by molar-refractivity contribution is 0.104. The van der Waals surface area contributed by atoms with Gasteiger partial charge in [0.15, 0.2) is 5.78 Å². The summed E-state index contributed by atoms with van der Waals surface area (Å²) in [5.74, 6) is -0.0947. The van der Waals surface area contributed by atoms with Gasteiger partial charge < -0.3 is 10.1 Å². The minimum atomic E-state index is -0.256. The molecule has 0 saturated carbocycles. The lowest BCUT2D eigenvalue weighted by Gasteiger charge is -2.06. The second-order valence-electron chi connectivity index (χ2n) is 5.74. The Hall–Kier alpha value is -2.92. The van der Waals surface area contributed by atoms with Crippen LogP contribution in [0, 0.1) is 0 Å². The Balaban J connectivity index is 1.77. The maximum atomic E-state index is 12.8. The van der Waals surface area contributed by atoms with Gasteiger partial charge in [0.2, 0.25) is 0 Å². The number of rotatable bonds is 6. The van der Waals surface area contributed by atoms with E-state index in [1.54, 1.807) is 25.6 Å². The van der Waals surface area contributed by atoms with Gasteiger partial charge in [0.1, 0.15) is 0 Å². The van der Waals surface area contributed by atoms with Crippen LogP contribution in [0.15, 0.2) is 60.9 Å². The number of hydrogen-bond donors (Lipinski definition) is 1. The van der Waals surface area contributed by atoms with E-state index in [4.69, 9.17) is 4.74 Å². The number of aromatic nitrogens is 1. The van der Waals surface area contributed by atoms with Gasteiger partial charge in [-0.2, -0.15) is 0 Å². The lowest BCUT2D eigenvalue weighted by Crippen LogP contribution is -2.29. The van der Waals surface area contributed by atoms with E-state index in [0.717, 1.165) is 17.2 Å². The zero-order valence-electron chi connectivity index (χ0n) is 14.1. The van der Waals surface area contributed by atoms with Gasteiger partial charge in [0.05, 0.1) is 0 Å². The molecule has 128 valence electrons. The second kappa shape index (κ2) is 7.77. The van der Waals surface area contributed by atoms with Crippen LogP contribution in [-0.2, 0) is 4.74 Å². The molecule has 0 atom stereocenters. The van der Waals surface area contributed by atoms with E-state index in [1.165, 1.54) is 4.57 Å². The van der Waals surface area contributed by atoms with Gasteiger partial charge in [-0.15, -0.1) is 0 Å². The number of fused-ring (bicyclic) bond motifs is 1. The van der Waals surface area contributed by atoms with Crippen molar-refractivity contribution in [3.8, 4) is 0 Å². The molecule has 1 heterocycles. The SMILES string of the molecule is COCCCNC(=O)n1ccc(C(=O)c2cccc3ccccc23)c1. The first-order valence-electron chi connectivity index (χ1n) is 8.18. The van der Waals surface area contributed by atoms with Gasteiger partial charge in [-0.3, -0.25) is 9.36 Å². The molecule has 0 spiro atoms. The fourth-order valence-corrected chi connectivity index (χ4v) is 2.74. The number of amides is 1. The standard InChI is InChI=1S/C20H20N2O3/c1-25-13-5-11-21-20(24)22-12-10-16(14-22)19(23)18-9-4-7-15-6-2-3-8-17(15)18/h2-4,6-10,12,14H,5,11,13H2,1H3,(H,21,24). The Morgan fingerprint density at radius 2 is 1.88 bits per heavy atom. The molecule has 25 heavy (non-hydrogen) atoms. The summed E-state index contributed by atoms with van der Waals surface area (Å²) in [6.07, 6.45) is 3.91. The molecule has 1 N–H and O–H groups in total. The molecule has 2 aromatic carbocycles. The zero-order valence-corrected chi connectivity index (χ0v) is 14.1. The van der Waals surface area contributed by atoms with Crippen molar-refractivity contribution in [3.63, 3.8) is 0 Å². The first-order chi connectivity index (χ1) is 12.2. The van der Waals surface area contributed by atoms with Gasteiger partial charge in [-0.05, 0) is 23.3 Å². The second-order valence-corrected chi connectivity index (χ2v) is 5.74. The first-order valence-corrected chi connectivity index (χ1v) is 8.18. The first kappa shape index (κ1) is 16.9. The van der Waals surface area contributed by atoms with Crippen molar-refractivity contribution in [2.45, 2.75) is 6.42 Å². The van der Waals surface area contributed by atoms with E-state index in [0.29, 0.717) is 24.3 Å². The molecule has 0 aliphatic rings. The van der Waals surface area contributed by atoms with Gasteiger partial charge in [0, 0.05) is 43.8 Å². The number of methoxy groups -OCH3 is 1. The number of carbonyl (C=O) groups is 2. The number of nitrogens with zero attached hydrogens (tertiary/aromatic N) is 1. The predicted octanol–water partition coefficient (Wildman–Crippen LogP) is 3.47. The molecule has 0 aliphatic heterocycles. The number of ether oxygens (including phenoxy) is 1. The summed E-state index contributed by atoms with van der Waals surface area (Å²) in [6, 6.07) is 14.8. The van der Waals surface area contributed by atoms with Crippen molar-refractivity contribution in [1.29, 1.82) is 0 Å².